The number of alkyl carbamates (subject to hydrolysis) is 1. The maximum atomic E-state index is 12.9. The van der Waals surface area contributed by atoms with Crippen molar-refractivity contribution in [1.82, 2.24) is 5.32 Å². The smallest absolute Gasteiger partial charge is 0.409 e. The van der Waals surface area contributed by atoms with Crippen LogP contribution in [0.5, 0.6) is 5.75 Å². The summed E-state index contributed by atoms with van der Waals surface area (Å²) in [7, 11) is 3.14. The number of hydrogen-bond donors (Lipinski definition) is 3. The molecule has 0 spiro atoms. The van der Waals surface area contributed by atoms with Crippen molar-refractivity contribution in [3.05, 3.63) is 46.5 Å². The van der Waals surface area contributed by atoms with E-state index in [0.29, 0.717) is 28.6 Å². The van der Waals surface area contributed by atoms with Crippen molar-refractivity contribution in [3.8, 4) is 5.75 Å². The second kappa shape index (κ2) is 11.5. The monoisotopic (exact) mass is 510 g/mol. The molecule has 34 heavy (non-hydrogen) atoms. The van der Waals surface area contributed by atoms with Crippen LogP contribution in [0, 0.1) is 0 Å². The van der Waals surface area contributed by atoms with Crippen LogP contribution in [0.2, 0.25) is 5.02 Å². The number of hydrogen-bond acceptors (Lipinski definition) is 7. The number of ether oxygens (including phenoxy) is 2. The Morgan fingerprint density at radius 1 is 1.32 bits per heavy atom. The lowest BCUT2D eigenvalue weighted by Gasteiger charge is -2.36. The summed E-state index contributed by atoms with van der Waals surface area (Å²) in [4.78, 5) is 26.3. The maximum Gasteiger partial charge on any atom is 0.409 e. The van der Waals surface area contributed by atoms with E-state index in [4.69, 9.17) is 21.1 Å². The van der Waals surface area contributed by atoms with Gasteiger partial charge in [-0.25, -0.2) is 4.79 Å². The molecule has 1 saturated heterocycles. The quantitative estimate of drug-likeness (QED) is 0.531. The van der Waals surface area contributed by atoms with Gasteiger partial charge in [0.2, 0.25) is 5.91 Å². The number of aliphatic hydroxyl groups is 2. The molecule has 1 unspecified atom stereocenters. The molecule has 3 atom stereocenters. The van der Waals surface area contributed by atoms with Crippen LogP contribution in [0.1, 0.15) is 31.7 Å². The minimum atomic E-state index is -1.41. The molecule has 2 aliphatic rings. The Morgan fingerprint density at radius 2 is 2.09 bits per heavy atom. The molecule has 0 radical (unpaired) electrons. The summed E-state index contributed by atoms with van der Waals surface area (Å²) in [6.07, 6.45) is 4.45. The highest BCUT2D eigenvalue weighted by Gasteiger charge is 2.38. The predicted octanol–water partition coefficient (Wildman–Crippen LogP) is 3.43. The molecule has 2 amide bonds. The average molecular weight is 511 g/mol. The van der Waals surface area contributed by atoms with E-state index in [-0.39, 0.29) is 30.9 Å². The number of allylic oxidation sites excluding steroid dienone is 3. The fourth-order valence-electron chi connectivity index (χ4n) is 3.94. The van der Waals surface area contributed by atoms with E-state index >= 15 is 0 Å². The first-order valence-electron chi connectivity index (χ1n) is 11.0. The molecular weight excluding hydrogens is 480 g/mol. The van der Waals surface area contributed by atoms with Crippen molar-refractivity contribution in [1.29, 1.82) is 0 Å². The lowest BCUT2D eigenvalue weighted by molar-refractivity contribution is -0.119. The van der Waals surface area contributed by atoms with Gasteiger partial charge in [-0.2, -0.15) is 11.8 Å². The molecule has 1 fully saturated rings. The fourth-order valence-corrected chi connectivity index (χ4v) is 5.23. The van der Waals surface area contributed by atoms with E-state index in [2.05, 4.69) is 5.32 Å². The summed E-state index contributed by atoms with van der Waals surface area (Å²) in [5, 5.41) is 24.1. The number of benzene rings is 1. The van der Waals surface area contributed by atoms with Crippen LogP contribution in [0.25, 0.3) is 0 Å². The van der Waals surface area contributed by atoms with Gasteiger partial charge in [-0.3, -0.25) is 10.1 Å². The number of amides is 2. The number of halogens is 1. The number of carbonyl (C=O) groups is 2. The van der Waals surface area contributed by atoms with E-state index in [0.717, 1.165) is 11.1 Å². The SMILES string of the molecule is COc1cc2cc(c1Cl)N(C)C(=O)CC(O)CSC[C@@H]1C[C@](O)(C/C=C/C=C(\C)C2)NC(=O)O1. The van der Waals surface area contributed by atoms with E-state index < -0.39 is 24.0 Å². The van der Waals surface area contributed by atoms with Gasteiger partial charge in [0.05, 0.1) is 25.3 Å². The Balaban J connectivity index is 1.91. The first-order chi connectivity index (χ1) is 16.1. The second-order valence-corrected chi connectivity index (χ2v) is 10.1. The third-order valence-electron chi connectivity index (χ3n) is 5.69. The summed E-state index contributed by atoms with van der Waals surface area (Å²) in [5.41, 5.74) is 1.05. The molecular formula is C24H31ClN2O6S. The molecule has 3 N–H and O–H groups in total. The molecule has 2 aliphatic heterocycles. The minimum Gasteiger partial charge on any atom is -0.495 e. The van der Waals surface area contributed by atoms with Crippen LogP contribution < -0.4 is 15.0 Å². The molecule has 0 aromatic heterocycles. The summed E-state index contributed by atoms with van der Waals surface area (Å²) < 4.78 is 10.7. The molecule has 3 rings (SSSR count). The zero-order valence-corrected chi connectivity index (χ0v) is 21.1. The lowest BCUT2D eigenvalue weighted by atomic mass is 10.00. The lowest BCUT2D eigenvalue weighted by Crippen LogP contribution is -2.56. The summed E-state index contributed by atoms with van der Waals surface area (Å²) in [6.45, 7) is 1.97. The number of anilines is 1. The summed E-state index contributed by atoms with van der Waals surface area (Å²) in [5.74, 6) is 0.846. The van der Waals surface area contributed by atoms with Crippen molar-refractivity contribution in [2.24, 2.45) is 0 Å². The average Bonchev–Trinajstić information content (AvgIpc) is 2.76. The van der Waals surface area contributed by atoms with Crippen molar-refractivity contribution in [2.75, 3.05) is 30.6 Å². The number of nitrogens with zero attached hydrogens (tertiary/aromatic N) is 1. The topological polar surface area (TPSA) is 108 Å². The van der Waals surface area contributed by atoms with Gasteiger partial charge in [0.15, 0.2) is 0 Å². The zero-order chi connectivity index (χ0) is 24.9. The fraction of sp³-hybridized carbons (Fsp3) is 0.500. The van der Waals surface area contributed by atoms with Crippen LogP contribution in [0.15, 0.2) is 35.9 Å². The highest BCUT2D eigenvalue weighted by atomic mass is 35.5. The van der Waals surface area contributed by atoms with Crippen LogP contribution in [-0.4, -0.2) is 65.8 Å². The van der Waals surface area contributed by atoms with E-state index in [9.17, 15) is 19.8 Å². The number of nitrogens with one attached hydrogen (secondary N) is 1. The molecule has 0 saturated carbocycles. The number of aliphatic hydroxyl groups excluding tert-OH is 1. The van der Waals surface area contributed by atoms with Gasteiger partial charge in [0, 0.05) is 31.4 Å². The van der Waals surface area contributed by atoms with Gasteiger partial charge in [0.1, 0.15) is 22.6 Å². The molecule has 1 aromatic rings. The molecule has 10 heteroatoms. The Labute approximate surface area is 208 Å². The number of methoxy groups -OCH3 is 1. The van der Waals surface area contributed by atoms with Crippen molar-refractivity contribution >= 4 is 41.1 Å². The van der Waals surface area contributed by atoms with Gasteiger partial charge in [0.25, 0.3) is 0 Å². The molecule has 2 heterocycles. The first-order valence-corrected chi connectivity index (χ1v) is 12.6. The van der Waals surface area contributed by atoms with E-state index in [1.54, 1.807) is 13.1 Å². The summed E-state index contributed by atoms with van der Waals surface area (Å²) in [6, 6.07) is 3.68. The van der Waals surface area contributed by atoms with Gasteiger partial charge in [-0.15, -0.1) is 0 Å². The van der Waals surface area contributed by atoms with Crippen LogP contribution in [0.4, 0.5) is 10.5 Å². The molecule has 1 aromatic carbocycles. The molecule has 8 nitrogen and oxygen atoms in total. The van der Waals surface area contributed by atoms with Crippen molar-refractivity contribution in [3.63, 3.8) is 0 Å². The number of fused-ring (bicyclic) bond motifs is 4. The van der Waals surface area contributed by atoms with Gasteiger partial charge < -0.3 is 24.6 Å². The minimum absolute atomic E-state index is 0.0921. The third-order valence-corrected chi connectivity index (χ3v) is 7.30. The number of thioether (sulfide) groups is 1. The highest BCUT2D eigenvalue weighted by Crippen LogP contribution is 2.37. The Bertz CT molecular complexity index is 984. The number of carbonyl (C=O) groups excluding carboxylic acids is 2. The Morgan fingerprint density at radius 3 is 2.82 bits per heavy atom. The van der Waals surface area contributed by atoms with Crippen LogP contribution in [0.3, 0.4) is 0 Å². The Kier molecular flexibility index (Phi) is 8.92. The van der Waals surface area contributed by atoms with Gasteiger partial charge >= 0.3 is 6.09 Å². The third kappa shape index (κ3) is 6.91. The van der Waals surface area contributed by atoms with Crippen LogP contribution >= 0.6 is 23.4 Å². The van der Waals surface area contributed by atoms with Gasteiger partial charge in [-0.05, 0) is 31.0 Å². The number of rotatable bonds is 1. The second-order valence-electron chi connectivity index (χ2n) is 8.69. The highest BCUT2D eigenvalue weighted by molar-refractivity contribution is 7.99. The zero-order valence-electron chi connectivity index (χ0n) is 19.5. The van der Waals surface area contributed by atoms with E-state index in [1.807, 2.05) is 31.2 Å². The molecule has 186 valence electrons. The molecule has 0 aliphatic carbocycles. The van der Waals surface area contributed by atoms with E-state index in [1.165, 1.54) is 23.8 Å². The standard InChI is InChI=1S/C24H31ClN2O6S/c1-15-6-4-5-7-24(31)12-18(33-23(30)26-24)14-34-13-17(28)11-21(29)27(2)19-9-16(8-15)10-20(32-3)22(19)25/h4-6,9-10,17-18,28,31H,7-8,11-14H2,1-3H3,(H,26,30)/b5-4+,15-6+/t17?,18-,24+/m0/s1. The predicted molar refractivity (Wildman–Crippen MR) is 134 cm³/mol. The van der Waals surface area contributed by atoms with Gasteiger partial charge in [-0.1, -0.05) is 35.4 Å². The summed E-state index contributed by atoms with van der Waals surface area (Å²) >= 11 is 7.86. The first kappa shape index (κ1) is 26.4. The Hall–Kier alpha value is -2.20. The largest absolute Gasteiger partial charge is 0.495 e. The van der Waals surface area contributed by atoms with Crippen LogP contribution in [-0.2, 0) is 16.0 Å². The normalized spacial score (nSPS) is 29.5. The maximum absolute atomic E-state index is 12.9. The van der Waals surface area contributed by atoms with Crippen molar-refractivity contribution < 1.29 is 29.3 Å². The molecule has 4 bridgehead atoms. The van der Waals surface area contributed by atoms with Crippen molar-refractivity contribution in [2.45, 2.75) is 50.5 Å².